The van der Waals surface area contributed by atoms with Crippen LogP contribution < -0.4 is 5.32 Å². The van der Waals surface area contributed by atoms with Crippen LogP contribution in [0.3, 0.4) is 0 Å². The van der Waals surface area contributed by atoms with Crippen molar-refractivity contribution in [3.05, 3.63) is 0 Å². The number of ketones is 1. The topological polar surface area (TPSA) is 46.2 Å². The van der Waals surface area contributed by atoms with Gasteiger partial charge in [-0.2, -0.15) is 0 Å². The van der Waals surface area contributed by atoms with Crippen molar-refractivity contribution >= 4 is 11.7 Å². The molecule has 0 radical (unpaired) electrons. The van der Waals surface area contributed by atoms with Crippen LogP contribution in [0.4, 0.5) is 0 Å². The smallest absolute Gasteiger partial charge is 0.225 e. The van der Waals surface area contributed by atoms with E-state index < -0.39 is 5.41 Å². The van der Waals surface area contributed by atoms with Gasteiger partial charge in [-0.3, -0.25) is 9.59 Å². The highest BCUT2D eigenvalue weighted by Gasteiger charge is 2.27. The third-order valence-electron chi connectivity index (χ3n) is 2.07. The van der Waals surface area contributed by atoms with E-state index in [4.69, 9.17) is 0 Å². The molecule has 0 aliphatic carbocycles. The van der Waals surface area contributed by atoms with E-state index >= 15 is 0 Å². The van der Waals surface area contributed by atoms with Gasteiger partial charge in [-0.25, -0.2) is 0 Å². The molecule has 3 heteroatoms. The predicted octanol–water partition coefficient (Wildman–Crippen LogP) is 3.18. The zero-order valence-corrected chi connectivity index (χ0v) is 12.7. The van der Waals surface area contributed by atoms with Crippen molar-refractivity contribution in [1.29, 1.82) is 0 Å². The molecule has 1 amide bonds. The lowest BCUT2D eigenvalue weighted by Crippen LogP contribution is -2.47. The summed E-state index contributed by atoms with van der Waals surface area (Å²) in [5, 5.41) is 2.77. The molecular formula is C14H29NO2. The predicted molar refractivity (Wildman–Crippen MR) is 72.9 cm³/mol. The summed E-state index contributed by atoms with van der Waals surface area (Å²) in [7, 11) is 0. The maximum Gasteiger partial charge on any atom is 0.225 e. The molecular weight excluding hydrogens is 214 g/mol. The number of amides is 1. The second-order valence-corrected chi connectivity index (χ2v) is 5.76. The lowest BCUT2D eigenvalue weighted by molar-refractivity contribution is -0.133. The highest BCUT2D eigenvalue weighted by atomic mass is 16.2. The molecule has 0 aliphatic heterocycles. The Labute approximate surface area is 106 Å². The van der Waals surface area contributed by atoms with E-state index in [1.165, 1.54) is 13.3 Å². The number of Topliss-reactive ketones (excluding diaryl/α,β-unsaturated/α-hetero) is 1. The van der Waals surface area contributed by atoms with Crippen molar-refractivity contribution in [2.24, 2.45) is 11.3 Å². The fourth-order valence-corrected chi connectivity index (χ4v) is 1.10. The Bertz CT molecular complexity index is 239. The minimum absolute atomic E-state index is 0.0117. The average Bonchev–Trinajstić information content (AvgIpc) is 2.12. The summed E-state index contributed by atoms with van der Waals surface area (Å²) in [6.07, 6.45) is 1.25. The van der Waals surface area contributed by atoms with E-state index in [0.717, 1.165) is 0 Å². The van der Waals surface area contributed by atoms with E-state index in [9.17, 15) is 9.59 Å². The molecule has 0 rings (SSSR count). The SMILES string of the molecule is CC(=O)C(NC(=O)C(C)(C)C)C(C)C.CCC. The third-order valence-corrected chi connectivity index (χ3v) is 2.07. The first-order valence-electron chi connectivity index (χ1n) is 6.39. The average molecular weight is 243 g/mol. The summed E-state index contributed by atoms with van der Waals surface area (Å²) in [4.78, 5) is 22.9. The van der Waals surface area contributed by atoms with Gasteiger partial charge in [-0.15, -0.1) is 0 Å². The van der Waals surface area contributed by atoms with Gasteiger partial charge < -0.3 is 5.32 Å². The summed E-state index contributed by atoms with van der Waals surface area (Å²) in [6.45, 7) is 15.1. The Kier molecular flexibility index (Phi) is 8.99. The summed E-state index contributed by atoms with van der Waals surface area (Å²) < 4.78 is 0. The molecule has 0 aromatic heterocycles. The van der Waals surface area contributed by atoms with Gasteiger partial charge in [-0.05, 0) is 12.8 Å². The summed E-state index contributed by atoms with van der Waals surface area (Å²) in [5.74, 6) is 0.0720. The van der Waals surface area contributed by atoms with E-state index in [1.54, 1.807) is 0 Å². The normalized spacial score (nSPS) is 12.5. The second kappa shape index (κ2) is 8.26. The fourth-order valence-electron chi connectivity index (χ4n) is 1.10. The third kappa shape index (κ3) is 8.90. The monoisotopic (exact) mass is 243 g/mol. The maximum atomic E-state index is 11.6. The number of carbonyl (C=O) groups is 2. The minimum atomic E-state index is -0.442. The zero-order chi connectivity index (χ0) is 14.2. The van der Waals surface area contributed by atoms with Gasteiger partial charge in [0, 0.05) is 5.41 Å². The van der Waals surface area contributed by atoms with Gasteiger partial charge in [0.25, 0.3) is 0 Å². The van der Waals surface area contributed by atoms with E-state index in [0.29, 0.717) is 0 Å². The number of hydrogen-bond acceptors (Lipinski definition) is 2. The summed E-state index contributed by atoms with van der Waals surface area (Å²) in [6, 6.07) is -0.360. The molecule has 0 fully saturated rings. The van der Waals surface area contributed by atoms with Crippen molar-refractivity contribution in [2.45, 2.75) is 67.9 Å². The van der Waals surface area contributed by atoms with Gasteiger partial charge in [0.05, 0.1) is 6.04 Å². The minimum Gasteiger partial charge on any atom is -0.346 e. The first kappa shape index (κ1) is 18.5. The molecule has 0 aromatic rings. The van der Waals surface area contributed by atoms with E-state index in [2.05, 4.69) is 19.2 Å². The number of nitrogens with one attached hydrogen (secondary N) is 1. The Morgan fingerprint density at radius 1 is 1.12 bits per heavy atom. The molecule has 0 saturated heterocycles. The molecule has 0 bridgehead atoms. The first-order chi connectivity index (χ1) is 7.57. The van der Waals surface area contributed by atoms with Gasteiger partial charge in [0.2, 0.25) is 5.91 Å². The molecule has 0 aliphatic rings. The van der Waals surface area contributed by atoms with Crippen LogP contribution in [-0.2, 0) is 9.59 Å². The highest BCUT2D eigenvalue weighted by Crippen LogP contribution is 2.14. The van der Waals surface area contributed by atoms with Crippen LogP contribution in [-0.4, -0.2) is 17.7 Å². The number of carbonyl (C=O) groups excluding carboxylic acids is 2. The van der Waals surface area contributed by atoms with Gasteiger partial charge in [0.15, 0.2) is 5.78 Å². The fraction of sp³-hybridized carbons (Fsp3) is 0.857. The molecule has 1 atom stereocenters. The van der Waals surface area contributed by atoms with Crippen molar-refractivity contribution in [1.82, 2.24) is 5.32 Å². The van der Waals surface area contributed by atoms with Crippen LogP contribution in [0, 0.1) is 11.3 Å². The van der Waals surface area contributed by atoms with Crippen LogP contribution in [0.25, 0.3) is 0 Å². The highest BCUT2D eigenvalue weighted by molar-refractivity contribution is 5.89. The van der Waals surface area contributed by atoms with Crippen LogP contribution in [0.1, 0.15) is 61.8 Å². The molecule has 3 nitrogen and oxygen atoms in total. The van der Waals surface area contributed by atoms with Crippen LogP contribution in [0.15, 0.2) is 0 Å². The summed E-state index contributed by atoms with van der Waals surface area (Å²) >= 11 is 0. The maximum absolute atomic E-state index is 11.6. The molecule has 0 aromatic carbocycles. The summed E-state index contributed by atoms with van der Waals surface area (Å²) in [5.41, 5.74) is -0.442. The lowest BCUT2D eigenvalue weighted by Gasteiger charge is -2.24. The van der Waals surface area contributed by atoms with Gasteiger partial charge >= 0.3 is 0 Å². The Morgan fingerprint density at radius 3 is 1.65 bits per heavy atom. The molecule has 0 heterocycles. The Balaban J connectivity index is 0. The molecule has 17 heavy (non-hydrogen) atoms. The van der Waals surface area contributed by atoms with Crippen molar-refractivity contribution < 1.29 is 9.59 Å². The van der Waals surface area contributed by atoms with Gasteiger partial charge in [0.1, 0.15) is 0 Å². The molecule has 1 N–H and O–H groups in total. The lowest BCUT2D eigenvalue weighted by atomic mass is 9.93. The van der Waals surface area contributed by atoms with E-state index in [-0.39, 0.29) is 23.7 Å². The first-order valence-corrected chi connectivity index (χ1v) is 6.39. The van der Waals surface area contributed by atoms with Crippen molar-refractivity contribution in [3.8, 4) is 0 Å². The van der Waals surface area contributed by atoms with Crippen LogP contribution in [0.5, 0.6) is 0 Å². The quantitative estimate of drug-likeness (QED) is 0.827. The molecule has 0 spiro atoms. The van der Waals surface area contributed by atoms with Gasteiger partial charge in [-0.1, -0.05) is 54.9 Å². The Morgan fingerprint density at radius 2 is 1.47 bits per heavy atom. The Hall–Kier alpha value is -0.860. The van der Waals surface area contributed by atoms with Crippen LogP contribution in [0.2, 0.25) is 0 Å². The standard InChI is InChI=1S/C11H21NO2.C3H8/c1-7(2)9(8(3)13)12-10(14)11(4,5)6;1-3-2/h7,9H,1-6H3,(H,12,14);3H2,1-2H3. The number of rotatable bonds is 3. The van der Waals surface area contributed by atoms with Crippen LogP contribution >= 0.6 is 0 Å². The molecule has 0 saturated carbocycles. The second-order valence-electron chi connectivity index (χ2n) is 5.76. The molecule has 1 unspecified atom stereocenters. The zero-order valence-electron chi connectivity index (χ0n) is 12.7. The van der Waals surface area contributed by atoms with E-state index in [1.807, 2.05) is 34.6 Å². The molecule has 102 valence electrons. The number of hydrogen-bond donors (Lipinski definition) is 1. The largest absolute Gasteiger partial charge is 0.346 e. The van der Waals surface area contributed by atoms with Crippen molar-refractivity contribution in [2.75, 3.05) is 0 Å². The van der Waals surface area contributed by atoms with Crippen molar-refractivity contribution in [3.63, 3.8) is 0 Å².